The van der Waals surface area contributed by atoms with Gasteiger partial charge in [0.15, 0.2) is 0 Å². The highest BCUT2D eigenvalue weighted by atomic mass is 16.4. The maximum absolute atomic E-state index is 11.7. The van der Waals surface area contributed by atoms with Crippen LogP contribution in [-0.2, 0) is 16.1 Å². The Morgan fingerprint density at radius 2 is 2.16 bits per heavy atom. The quantitative estimate of drug-likeness (QED) is 0.786. The molecule has 0 saturated carbocycles. The predicted molar refractivity (Wildman–Crippen MR) is 69.9 cm³/mol. The van der Waals surface area contributed by atoms with Gasteiger partial charge in [0.2, 0.25) is 5.91 Å². The number of carbonyl (C=O) groups is 2. The number of nitrogens with one attached hydrogen (secondary N) is 1. The number of rotatable bonds is 6. The van der Waals surface area contributed by atoms with E-state index in [2.05, 4.69) is 5.32 Å². The summed E-state index contributed by atoms with van der Waals surface area (Å²) in [5.41, 5.74) is 0.473. The first kappa shape index (κ1) is 14.9. The summed E-state index contributed by atoms with van der Waals surface area (Å²) in [6.07, 6.45) is 2.01. The smallest absolute Gasteiger partial charge is 0.326 e. The average molecular weight is 266 g/mol. The van der Waals surface area contributed by atoms with Crippen LogP contribution < -0.4 is 10.9 Å². The van der Waals surface area contributed by atoms with Gasteiger partial charge in [-0.2, -0.15) is 0 Å². The molecule has 0 saturated heterocycles. The number of aliphatic carboxylic acids is 1. The van der Waals surface area contributed by atoms with Gasteiger partial charge in [0, 0.05) is 24.7 Å². The average Bonchev–Trinajstić information content (AvgIpc) is 2.37. The molecule has 2 N–H and O–H groups in total. The molecule has 1 amide bonds. The normalized spacial score (nSPS) is 11.9. The second-order valence-electron chi connectivity index (χ2n) is 4.31. The Morgan fingerprint density at radius 3 is 2.74 bits per heavy atom. The van der Waals surface area contributed by atoms with Crippen molar-refractivity contribution in [2.24, 2.45) is 0 Å². The van der Waals surface area contributed by atoms with Gasteiger partial charge in [0.1, 0.15) is 6.04 Å². The van der Waals surface area contributed by atoms with E-state index in [9.17, 15) is 14.4 Å². The molecule has 1 aromatic rings. The van der Waals surface area contributed by atoms with Gasteiger partial charge in [0.25, 0.3) is 5.56 Å². The predicted octanol–water partition coefficient (Wildman–Crippen LogP) is 0.526. The Labute approximate surface area is 111 Å². The first-order chi connectivity index (χ1) is 8.95. The number of pyridine rings is 1. The molecule has 0 aliphatic heterocycles. The lowest BCUT2D eigenvalue weighted by Gasteiger charge is -2.12. The van der Waals surface area contributed by atoms with E-state index in [1.165, 1.54) is 4.57 Å². The maximum Gasteiger partial charge on any atom is 0.326 e. The van der Waals surface area contributed by atoms with Crippen molar-refractivity contribution < 1.29 is 14.7 Å². The van der Waals surface area contributed by atoms with E-state index in [0.717, 1.165) is 0 Å². The van der Waals surface area contributed by atoms with Gasteiger partial charge < -0.3 is 15.0 Å². The molecule has 0 spiro atoms. The van der Waals surface area contributed by atoms with E-state index >= 15 is 0 Å². The second-order valence-corrected chi connectivity index (χ2v) is 4.31. The summed E-state index contributed by atoms with van der Waals surface area (Å²) < 4.78 is 1.44. The van der Waals surface area contributed by atoms with E-state index in [1.807, 2.05) is 0 Å². The van der Waals surface area contributed by atoms with Gasteiger partial charge in [-0.15, -0.1) is 0 Å². The lowest BCUT2D eigenvalue weighted by atomic mass is 10.2. The standard InChI is InChI=1S/C13H18N2O4/c1-3-10(13(18)19)14-11(16)6-8-15-7-4-5-9(2)12(15)17/h4-5,7,10H,3,6,8H2,1-2H3,(H,14,16)(H,18,19). The minimum atomic E-state index is -1.05. The number of carboxylic acid groups (broad SMARTS) is 1. The zero-order valence-electron chi connectivity index (χ0n) is 11.0. The van der Waals surface area contributed by atoms with Crippen LogP contribution in [0.25, 0.3) is 0 Å². The topological polar surface area (TPSA) is 88.4 Å². The van der Waals surface area contributed by atoms with Crippen LogP contribution in [0, 0.1) is 6.92 Å². The van der Waals surface area contributed by atoms with Crippen molar-refractivity contribution in [3.8, 4) is 0 Å². The molecule has 1 rings (SSSR count). The van der Waals surface area contributed by atoms with Gasteiger partial charge in [-0.1, -0.05) is 13.0 Å². The fraction of sp³-hybridized carbons (Fsp3) is 0.462. The van der Waals surface area contributed by atoms with Crippen molar-refractivity contribution in [2.75, 3.05) is 0 Å². The summed E-state index contributed by atoms with van der Waals surface area (Å²) in [4.78, 5) is 34.1. The summed E-state index contributed by atoms with van der Waals surface area (Å²) in [5.74, 6) is -1.42. The van der Waals surface area contributed by atoms with Crippen LogP contribution in [0.15, 0.2) is 23.1 Å². The highest BCUT2D eigenvalue weighted by Crippen LogP contribution is 1.95. The maximum atomic E-state index is 11.7. The van der Waals surface area contributed by atoms with E-state index in [-0.39, 0.29) is 24.4 Å². The summed E-state index contributed by atoms with van der Waals surface area (Å²) in [5, 5.41) is 11.2. The van der Waals surface area contributed by atoms with E-state index < -0.39 is 12.0 Å². The van der Waals surface area contributed by atoms with Crippen molar-refractivity contribution in [2.45, 2.75) is 39.3 Å². The van der Waals surface area contributed by atoms with Crippen LogP contribution in [-0.4, -0.2) is 27.6 Å². The van der Waals surface area contributed by atoms with Gasteiger partial charge >= 0.3 is 5.97 Å². The van der Waals surface area contributed by atoms with Gasteiger partial charge in [0.05, 0.1) is 0 Å². The third kappa shape index (κ3) is 4.24. The van der Waals surface area contributed by atoms with Crippen LogP contribution in [0.3, 0.4) is 0 Å². The Morgan fingerprint density at radius 1 is 1.47 bits per heavy atom. The van der Waals surface area contributed by atoms with Crippen molar-refractivity contribution in [3.05, 3.63) is 34.2 Å². The number of hydrogen-bond donors (Lipinski definition) is 2. The van der Waals surface area contributed by atoms with Crippen LogP contribution in [0.1, 0.15) is 25.3 Å². The molecule has 0 radical (unpaired) electrons. The van der Waals surface area contributed by atoms with E-state index in [4.69, 9.17) is 5.11 Å². The summed E-state index contributed by atoms with van der Waals surface area (Å²) in [6, 6.07) is 2.57. The molecule has 0 aliphatic carbocycles. The van der Waals surface area contributed by atoms with Gasteiger partial charge in [-0.05, 0) is 19.4 Å². The number of amides is 1. The van der Waals surface area contributed by atoms with E-state index in [0.29, 0.717) is 12.0 Å². The lowest BCUT2D eigenvalue weighted by molar-refractivity contribution is -0.141. The summed E-state index contributed by atoms with van der Waals surface area (Å²) >= 11 is 0. The molecular weight excluding hydrogens is 248 g/mol. The molecule has 1 aromatic heterocycles. The Hall–Kier alpha value is -2.11. The van der Waals surface area contributed by atoms with Crippen LogP contribution in [0.5, 0.6) is 0 Å². The van der Waals surface area contributed by atoms with Crippen molar-refractivity contribution in [3.63, 3.8) is 0 Å². The first-order valence-electron chi connectivity index (χ1n) is 6.14. The molecule has 0 bridgehead atoms. The third-order valence-corrected chi connectivity index (χ3v) is 2.83. The number of carboxylic acids is 1. The molecule has 1 atom stereocenters. The molecule has 6 nitrogen and oxygen atoms in total. The Balaban J connectivity index is 2.57. The lowest BCUT2D eigenvalue weighted by Crippen LogP contribution is -2.40. The Bertz CT molecular complexity index is 522. The molecule has 1 heterocycles. The fourth-order valence-electron chi connectivity index (χ4n) is 1.66. The van der Waals surface area contributed by atoms with Crippen molar-refractivity contribution in [1.29, 1.82) is 0 Å². The summed E-state index contributed by atoms with van der Waals surface area (Å²) in [7, 11) is 0. The summed E-state index contributed by atoms with van der Waals surface area (Å²) in [6.45, 7) is 3.63. The zero-order chi connectivity index (χ0) is 14.4. The molecule has 0 aromatic carbocycles. The monoisotopic (exact) mass is 266 g/mol. The van der Waals surface area contributed by atoms with Crippen LogP contribution in [0.2, 0.25) is 0 Å². The number of aromatic nitrogens is 1. The SMILES string of the molecule is CCC(NC(=O)CCn1cccc(C)c1=O)C(=O)O. The van der Waals surface area contributed by atoms with Crippen molar-refractivity contribution >= 4 is 11.9 Å². The highest BCUT2D eigenvalue weighted by Gasteiger charge is 2.17. The molecule has 1 unspecified atom stereocenters. The van der Waals surface area contributed by atoms with Gasteiger partial charge in [-0.25, -0.2) is 4.79 Å². The molecule has 104 valence electrons. The fourth-order valence-corrected chi connectivity index (χ4v) is 1.66. The first-order valence-corrected chi connectivity index (χ1v) is 6.14. The molecule has 0 aliphatic rings. The molecule has 6 heteroatoms. The number of hydrogen-bond acceptors (Lipinski definition) is 3. The second kappa shape index (κ2) is 6.72. The highest BCUT2D eigenvalue weighted by molar-refractivity contribution is 5.83. The molecule has 19 heavy (non-hydrogen) atoms. The van der Waals surface area contributed by atoms with Gasteiger partial charge in [-0.3, -0.25) is 9.59 Å². The van der Waals surface area contributed by atoms with Crippen LogP contribution in [0.4, 0.5) is 0 Å². The van der Waals surface area contributed by atoms with Crippen molar-refractivity contribution in [1.82, 2.24) is 9.88 Å². The minimum Gasteiger partial charge on any atom is -0.480 e. The van der Waals surface area contributed by atoms with Crippen LogP contribution >= 0.6 is 0 Å². The molecular formula is C13H18N2O4. The third-order valence-electron chi connectivity index (χ3n) is 2.83. The largest absolute Gasteiger partial charge is 0.480 e. The number of aryl methyl sites for hydroxylation is 2. The zero-order valence-corrected chi connectivity index (χ0v) is 11.0. The number of carbonyl (C=O) groups excluding carboxylic acids is 1. The molecule has 0 fully saturated rings. The Kier molecular flexibility index (Phi) is 5.29. The minimum absolute atomic E-state index is 0.0765. The number of nitrogens with zero attached hydrogens (tertiary/aromatic N) is 1. The van der Waals surface area contributed by atoms with E-state index in [1.54, 1.807) is 32.2 Å².